The molecule has 5 nitrogen and oxygen atoms in total. The first-order valence-electron chi connectivity index (χ1n) is 10.0. The number of ether oxygens (including phenoxy) is 3. The van der Waals surface area contributed by atoms with Gasteiger partial charge >= 0.3 is 0 Å². The molecule has 1 aliphatic heterocycles. The highest BCUT2D eigenvalue weighted by atomic mass is 35.5. The summed E-state index contributed by atoms with van der Waals surface area (Å²) >= 11 is 6.02. The molecule has 0 radical (unpaired) electrons. The van der Waals surface area contributed by atoms with Gasteiger partial charge in [-0.3, -0.25) is 4.79 Å². The van der Waals surface area contributed by atoms with Gasteiger partial charge < -0.3 is 19.1 Å². The van der Waals surface area contributed by atoms with E-state index >= 15 is 0 Å². The smallest absolute Gasteiger partial charge is 0.254 e. The van der Waals surface area contributed by atoms with Gasteiger partial charge in [-0.15, -0.1) is 0 Å². The van der Waals surface area contributed by atoms with Crippen molar-refractivity contribution in [1.29, 1.82) is 0 Å². The highest BCUT2D eigenvalue weighted by Crippen LogP contribution is 2.41. The summed E-state index contributed by atoms with van der Waals surface area (Å²) in [5.74, 6) is 2.05. The second kappa shape index (κ2) is 8.90. The summed E-state index contributed by atoms with van der Waals surface area (Å²) in [7, 11) is 4.88. The highest BCUT2D eigenvalue weighted by molar-refractivity contribution is 6.30. The standard InChI is InChI=1S/C25H24ClNO4/c1-29-20-10-6-16(7-11-20)24-21-15-23(31-3)22(30-2)14-18(21)12-13-27(24)25(28)17-4-8-19(26)9-5-17/h4-11,14-15,24H,12-13H2,1-3H3/t24-/m0/s1. The van der Waals surface area contributed by atoms with Gasteiger partial charge in [0.25, 0.3) is 5.91 Å². The summed E-state index contributed by atoms with van der Waals surface area (Å²) < 4.78 is 16.4. The fourth-order valence-electron chi connectivity index (χ4n) is 4.07. The summed E-state index contributed by atoms with van der Waals surface area (Å²) in [6, 6.07) is 18.5. The summed E-state index contributed by atoms with van der Waals surface area (Å²) in [6.07, 6.45) is 0.724. The number of carbonyl (C=O) groups is 1. The number of fused-ring (bicyclic) bond motifs is 1. The third-order valence-electron chi connectivity index (χ3n) is 5.66. The van der Waals surface area contributed by atoms with E-state index in [1.807, 2.05) is 41.3 Å². The van der Waals surface area contributed by atoms with E-state index in [1.165, 1.54) is 0 Å². The summed E-state index contributed by atoms with van der Waals surface area (Å²) in [6.45, 7) is 0.584. The van der Waals surface area contributed by atoms with Crippen LogP contribution in [0.2, 0.25) is 5.02 Å². The van der Waals surface area contributed by atoms with Crippen LogP contribution in [0.1, 0.15) is 33.1 Å². The Morgan fingerprint density at radius 3 is 2.16 bits per heavy atom. The third-order valence-corrected chi connectivity index (χ3v) is 5.91. The molecule has 0 N–H and O–H groups in total. The molecule has 1 amide bonds. The molecule has 0 aliphatic carbocycles. The molecule has 1 atom stereocenters. The monoisotopic (exact) mass is 437 g/mol. The largest absolute Gasteiger partial charge is 0.497 e. The fraction of sp³-hybridized carbons (Fsp3) is 0.240. The number of rotatable bonds is 5. The number of carbonyl (C=O) groups excluding carboxylic acids is 1. The van der Waals surface area contributed by atoms with E-state index in [4.69, 9.17) is 25.8 Å². The molecule has 31 heavy (non-hydrogen) atoms. The zero-order valence-electron chi connectivity index (χ0n) is 17.7. The van der Waals surface area contributed by atoms with Crippen LogP contribution in [0, 0.1) is 0 Å². The summed E-state index contributed by atoms with van der Waals surface area (Å²) in [5.41, 5.74) is 3.76. The molecule has 6 heteroatoms. The first-order valence-corrected chi connectivity index (χ1v) is 10.4. The van der Waals surface area contributed by atoms with E-state index in [9.17, 15) is 4.79 Å². The Kier molecular flexibility index (Phi) is 6.05. The lowest BCUT2D eigenvalue weighted by Gasteiger charge is -2.38. The predicted octanol–water partition coefficient (Wildman–Crippen LogP) is 5.15. The van der Waals surface area contributed by atoms with E-state index in [-0.39, 0.29) is 11.9 Å². The zero-order chi connectivity index (χ0) is 22.0. The number of hydrogen-bond donors (Lipinski definition) is 0. The molecule has 0 aromatic heterocycles. The van der Waals surface area contributed by atoms with Crippen molar-refractivity contribution >= 4 is 17.5 Å². The van der Waals surface area contributed by atoms with Crippen molar-refractivity contribution in [3.05, 3.63) is 87.9 Å². The normalized spacial score (nSPS) is 15.2. The van der Waals surface area contributed by atoms with E-state index < -0.39 is 0 Å². The third kappa shape index (κ3) is 4.06. The van der Waals surface area contributed by atoms with Gasteiger partial charge in [0.05, 0.1) is 27.4 Å². The first kappa shape index (κ1) is 21.1. The minimum absolute atomic E-state index is 0.0436. The number of nitrogens with zero attached hydrogens (tertiary/aromatic N) is 1. The molecule has 0 bridgehead atoms. The van der Waals surface area contributed by atoms with E-state index in [0.29, 0.717) is 28.6 Å². The minimum Gasteiger partial charge on any atom is -0.497 e. The van der Waals surface area contributed by atoms with Crippen LogP contribution in [-0.4, -0.2) is 38.7 Å². The lowest BCUT2D eigenvalue weighted by atomic mass is 9.87. The van der Waals surface area contributed by atoms with E-state index in [2.05, 4.69) is 0 Å². The SMILES string of the molecule is COc1ccc([C@H]2c3cc(OC)c(OC)cc3CCN2C(=O)c2ccc(Cl)cc2)cc1. The van der Waals surface area contributed by atoms with Gasteiger partial charge in [-0.05, 0) is 71.6 Å². The maximum absolute atomic E-state index is 13.5. The summed E-state index contributed by atoms with van der Waals surface area (Å²) in [4.78, 5) is 15.4. The predicted molar refractivity (Wildman–Crippen MR) is 121 cm³/mol. The Morgan fingerprint density at radius 1 is 0.903 bits per heavy atom. The van der Waals surface area contributed by atoms with Crippen LogP contribution in [0.4, 0.5) is 0 Å². The molecular weight excluding hydrogens is 414 g/mol. The maximum atomic E-state index is 13.5. The van der Waals surface area contributed by atoms with Gasteiger partial charge in [-0.25, -0.2) is 0 Å². The van der Waals surface area contributed by atoms with Gasteiger partial charge in [-0.1, -0.05) is 23.7 Å². The van der Waals surface area contributed by atoms with Crippen molar-refractivity contribution in [1.82, 2.24) is 4.90 Å². The molecule has 160 valence electrons. The van der Waals surface area contributed by atoms with Gasteiger partial charge in [0, 0.05) is 17.1 Å². The molecule has 3 aromatic carbocycles. The molecule has 0 spiro atoms. The van der Waals surface area contributed by atoms with Gasteiger partial charge in [0.2, 0.25) is 0 Å². The molecule has 1 heterocycles. The van der Waals surface area contributed by atoms with Crippen molar-refractivity contribution in [2.24, 2.45) is 0 Å². The first-order chi connectivity index (χ1) is 15.0. The highest BCUT2D eigenvalue weighted by Gasteiger charge is 2.33. The van der Waals surface area contributed by atoms with E-state index in [1.54, 1.807) is 45.6 Å². The second-order valence-corrected chi connectivity index (χ2v) is 7.77. The van der Waals surface area contributed by atoms with Crippen molar-refractivity contribution in [2.75, 3.05) is 27.9 Å². The van der Waals surface area contributed by atoms with Crippen molar-refractivity contribution < 1.29 is 19.0 Å². The molecule has 0 saturated carbocycles. The van der Waals surface area contributed by atoms with Gasteiger partial charge in [-0.2, -0.15) is 0 Å². The number of amides is 1. The van der Waals surface area contributed by atoms with Crippen LogP contribution >= 0.6 is 11.6 Å². The number of benzene rings is 3. The average Bonchev–Trinajstić information content (AvgIpc) is 2.82. The molecule has 0 unspecified atom stereocenters. The van der Waals surface area contributed by atoms with Crippen molar-refractivity contribution in [2.45, 2.75) is 12.5 Å². The molecule has 1 aliphatic rings. The maximum Gasteiger partial charge on any atom is 0.254 e. The second-order valence-electron chi connectivity index (χ2n) is 7.34. The minimum atomic E-state index is -0.266. The Hall–Kier alpha value is -3.18. The van der Waals surface area contributed by atoms with Crippen LogP contribution in [0.15, 0.2) is 60.7 Å². The Balaban J connectivity index is 1.83. The van der Waals surface area contributed by atoms with Crippen LogP contribution in [0.3, 0.4) is 0 Å². The fourth-order valence-corrected chi connectivity index (χ4v) is 4.19. The Morgan fingerprint density at radius 2 is 1.55 bits per heavy atom. The van der Waals surface area contributed by atoms with E-state index in [0.717, 1.165) is 28.9 Å². The van der Waals surface area contributed by atoms with Crippen LogP contribution in [0.5, 0.6) is 17.2 Å². The molecule has 3 aromatic rings. The molecule has 4 rings (SSSR count). The summed E-state index contributed by atoms with van der Waals surface area (Å²) in [5, 5.41) is 0.601. The average molecular weight is 438 g/mol. The van der Waals surface area contributed by atoms with Gasteiger partial charge in [0.15, 0.2) is 11.5 Å². The lowest BCUT2D eigenvalue weighted by Crippen LogP contribution is -2.40. The molecular formula is C25H24ClNO4. The number of methoxy groups -OCH3 is 3. The number of hydrogen-bond acceptors (Lipinski definition) is 4. The van der Waals surface area contributed by atoms with Crippen LogP contribution in [-0.2, 0) is 6.42 Å². The van der Waals surface area contributed by atoms with Crippen LogP contribution in [0.25, 0.3) is 0 Å². The molecule has 0 fully saturated rings. The van der Waals surface area contributed by atoms with Gasteiger partial charge in [0.1, 0.15) is 5.75 Å². The Bertz CT molecular complexity index is 1080. The lowest BCUT2D eigenvalue weighted by molar-refractivity contribution is 0.0694. The quantitative estimate of drug-likeness (QED) is 0.553. The Labute approximate surface area is 187 Å². The van der Waals surface area contributed by atoms with Crippen molar-refractivity contribution in [3.8, 4) is 17.2 Å². The molecule has 0 saturated heterocycles. The van der Waals surface area contributed by atoms with Crippen molar-refractivity contribution in [3.63, 3.8) is 0 Å². The zero-order valence-corrected chi connectivity index (χ0v) is 18.5. The van der Waals surface area contributed by atoms with Crippen LogP contribution < -0.4 is 14.2 Å². The topological polar surface area (TPSA) is 48.0 Å². The number of halogens is 1.